The van der Waals surface area contributed by atoms with Gasteiger partial charge in [-0.25, -0.2) is 0 Å². The van der Waals surface area contributed by atoms with Crippen LogP contribution in [0.2, 0.25) is 0 Å². The first kappa shape index (κ1) is 19.0. The van der Waals surface area contributed by atoms with E-state index in [1.54, 1.807) is 18.4 Å². The predicted octanol–water partition coefficient (Wildman–Crippen LogP) is 3.41. The third-order valence-corrected chi connectivity index (χ3v) is 6.88. The summed E-state index contributed by atoms with van der Waals surface area (Å²) in [5.74, 6) is 1.02. The molecule has 148 valence electrons. The average molecular weight is 399 g/mol. The molecule has 1 aliphatic carbocycles. The van der Waals surface area contributed by atoms with E-state index in [-0.39, 0.29) is 17.7 Å². The lowest BCUT2D eigenvalue weighted by Crippen LogP contribution is -2.33. The summed E-state index contributed by atoms with van der Waals surface area (Å²) in [6.07, 6.45) is 4.65. The number of carbonyl (C=O) groups excluding carboxylic acids is 2. The fraction of sp³-hybridized carbons (Fsp3) is 0.455. The fourth-order valence-electron chi connectivity index (χ4n) is 4.04. The molecule has 0 saturated carbocycles. The SMILES string of the molecule is COc1cccc(CNC(=O)[C@H]2CCc3sc(C(=O)N4CCCC4)cc3C2)c1. The van der Waals surface area contributed by atoms with Crippen molar-refractivity contribution in [3.63, 3.8) is 0 Å². The van der Waals surface area contributed by atoms with Crippen LogP contribution in [0, 0.1) is 5.92 Å². The molecule has 1 fully saturated rings. The minimum absolute atomic E-state index is 0.0255. The molecule has 1 aromatic heterocycles. The maximum Gasteiger partial charge on any atom is 0.263 e. The molecule has 1 saturated heterocycles. The van der Waals surface area contributed by atoms with Crippen LogP contribution in [0.4, 0.5) is 0 Å². The third kappa shape index (κ3) is 4.07. The molecule has 4 rings (SSSR count). The molecule has 0 bridgehead atoms. The number of benzene rings is 1. The highest BCUT2D eigenvalue weighted by molar-refractivity contribution is 7.14. The molecule has 28 heavy (non-hydrogen) atoms. The second-order valence-corrected chi connectivity index (χ2v) is 8.70. The number of ether oxygens (including phenoxy) is 1. The number of nitrogens with zero attached hydrogens (tertiary/aromatic N) is 1. The van der Waals surface area contributed by atoms with Crippen molar-refractivity contribution >= 4 is 23.2 Å². The van der Waals surface area contributed by atoms with E-state index in [9.17, 15) is 9.59 Å². The smallest absolute Gasteiger partial charge is 0.263 e. The molecule has 2 aromatic rings. The van der Waals surface area contributed by atoms with Crippen molar-refractivity contribution in [2.24, 2.45) is 5.92 Å². The van der Waals surface area contributed by atoms with Crippen molar-refractivity contribution in [2.45, 2.75) is 38.6 Å². The maximum absolute atomic E-state index is 12.7. The van der Waals surface area contributed by atoms with Crippen LogP contribution in [0.5, 0.6) is 5.75 Å². The van der Waals surface area contributed by atoms with Gasteiger partial charge >= 0.3 is 0 Å². The molecular weight excluding hydrogens is 372 g/mol. The Hall–Kier alpha value is -2.34. The number of hydrogen-bond donors (Lipinski definition) is 1. The van der Waals surface area contributed by atoms with Crippen LogP contribution >= 0.6 is 11.3 Å². The van der Waals surface area contributed by atoms with Crippen molar-refractivity contribution in [3.8, 4) is 5.75 Å². The van der Waals surface area contributed by atoms with Gasteiger partial charge in [-0.15, -0.1) is 11.3 Å². The van der Waals surface area contributed by atoms with Crippen LogP contribution in [0.15, 0.2) is 30.3 Å². The first-order chi connectivity index (χ1) is 13.6. The summed E-state index contributed by atoms with van der Waals surface area (Å²) < 4.78 is 5.23. The number of carbonyl (C=O) groups is 2. The first-order valence-electron chi connectivity index (χ1n) is 9.95. The van der Waals surface area contributed by atoms with Crippen LogP contribution in [-0.2, 0) is 24.2 Å². The number of aryl methyl sites for hydroxylation is 1. The zero-order valence-electron chi connectivity index (χ0n) is 16.2. The van der Waals surface area contributed by atoms with E-state index in [2.05, 4.69) is 5.32 Å². The Labute approximate surface area is 169 Å². The van der Waals surface area contributed by atoms with Crippen LogP contribution in [0.25, 0.3) is 0 Å². The minimum Gasteiger partial charge on any atom is -0.497 e. The van der Waals surface area contributed by atoms with Crippen LogP contribution in [-0.4, -0.2) is 36.9 Å². The van der Waals surface area contributed by atoms with Gasteiger partial charge in [-0.1, -0.05) is 12.1 Å². The first-order valence-corrected chi connectivity index (χ1v) is 10.8. The summed E-state index contributed by atoms with van der Waals surface area (Å²) in [6, 6.07) is 9.77. The Bertz CT molecular complexity index is 870. The number of hydrogen-bond acceptors (Lipinski definition) is 4. The Morgan fingerprint density at radius 3 is 2.86 bits per heavy atom. The summed E-state index contributed by atoms with van der Waals surface area (Å²) in [5.41, 5.74) is 2.21. The van der Waals surface area contributed by atoms with Gasteiger partial charge in [0.25, 0.3) is 5.91 Å². The quantitative estimate of drug-likeness (QED) is 0.840. The van der Waals surface area contributed by atoms with Gasteiger partial charge in [-0.2, -0.15) is 0 Å². The number of amides is 2. The summed E-state index contributed by atoms with van der Waals surface area (Å²) in [5, 5.41) is 3.06. The Morgan fingerprint density at radius 2 is 2.07 bits per heavy atom. The number of thiophene rings is 1. The van der Waals surface area contributed by atoms with Crippen molar-refractivity contribution in [1.82, 2.24) is 10.2 Å². The molecule has 1 aromatic carbocycles. The summed E-state index contributed by atoms with van der Waals surface area (Å²) in [4.78, 5) is 29.4. The van der Waals surface area contributed by atoms with Crippen LogP contribution in [0.3, 0.4) is 0 Å². The second-order valence-electron chi connectivity index (χ2n) is 7.57. The van der Waals surface area contributed by atoms with Crippen molar-refractivity contribution in [1.29, 1.82) is 0 Å². The molecule has 5 nitrogen and oxygen atoms in total. The summed E-state index contributed by atoms with van der Waals surface area (Å²) in [7, 11) is 1.64. The molecular formula is C22H26N2O3S. The minimum atomic E-state index is -0.0255. The highest BCUT2D eigenvalue weighted by Gasteiger charge is 2.29. The summed E-state index contributed by atoms with van der Waals surface area (Å²) in [6.45, 7) is 2.25. The van der Waals surface area contributed by atoms with Gasteiger partial charge in [0.1, 0.15) is 5.75 Å². The highest BCUT2D eigenvalue weighted by Crippen LogP contribution is 2.33. The molecule has 0 radical (unpaired) electrons. The number of fused-ring (bicyclic) bond motifs is 1. The van der Waals surface area contributed by atoms with Gasteiger partial charge in [-0.05, 0) is 61.4 Å². The van der Waals surface area contributed by atoms with Gasteiger partial charge in [0.15, 0.2) is 0 Å². The maximum atomic E-state index is 12.7. The lowest BCUT2D eigenvalue weighted by Gasteiger charge is -2.21. The van der Waals surface area contributed by atoms with E-state index in [0.717, 1.165) is 61.4 Å². The topological polar surface area (TPSA) is 58.6 Å². The van der Waals surface area contributed by atoms with Gasteiger partial charge in [0, 0.05) is 30.4 Å². The van der Waals surface area contributed by atoms with E-state index in [1.807, 2.05) is 35.2 Å². The lowest BCUT2D eigenvalue weighted by molar-refractivity contribution is -0.125. The third-order valence-electron chi connectivity index (χ3n) is 5.66. The Morgan fingerprint density at radius 1 is 1.25 bits per heavy atom. The van der Waals surface area contributed by atoms with E-state index in [0.29, 0.717) is 6.54 Å². The molecule has 0 spiro atoms. The Balaban J connectivity index is 1.36. The number of nitrogens with one attached hydrogen (secondary N) is 1. The van der Waals surface area contributed by atoms with Crippen LogP contribution < -0.4 is 10.1 Å². The second kappa shape index (κ2) is 8.35. The standard InChI is InChI=1S/C22H26N2O3S/c1-27-18-6-4-5-15(11-18)14-23-21(25)16-7-8-19-17(12-16)13-20(28-19)22(26)24-9-2-3-10-24/h4-6,11,13,16H,2-3,7-10,12,14H2,1H3,(H,23,25)/t16-/m0/s1. The molecule has 0 unspecified atom stereocenters. The van der Waals surface area contributed by atoms with Crippen molar-refractivity contribution < 1.29 is 14.3 Å². The van der Waals surface area contributed by atoms with E-state index in [4.69, 9.17) is 4.74 Å². The van der Waals surface area contributed by atoms with Crippen molar-refractivity contribution in [2.75, 3.05) is 20.2 Å². The molecule has 2 amide bonds. The van der Waals surface area contributed by atoms with Gasteiger partial charge < -0.3 is 15.0 Å². The molecule has 1 N–H and O–H groups in total. The van der Waals surface area contributed by atoms with E-state index in [1.165, 1.54) is 10.4 Å². The average Bonchev–Trinajstić information content (AvgIpc) is 3.41. The summed E-state index contributed by atoms with van der Waals surface area (Å²) >= 11 is 1.62. The van der Waals surface area contributed by atoms with Crippen molar-refractivity contribution in [3.05, 3.63) is 51.2 Å². The zero-order valence-corrected chi connectivity index (χ0v) is 17.0. The number of rotatable bonds is 5. The van der Waals surface area contributed by atoms with Gasteiger partial charge in [-0.3, -0.25) is 9.59 Å². The van der Waals surface area contributed by atoms with Gasteiger partial charge in [0.2, 0.25) is 5.91 Å². The normalized spacial score (nSPS) is 18.6. The van der Waals surface area contributed by atoms with Gasteiger partial charge in [0.05, 0.1) is 12.0 Å². The lowest BCUT2D eigenvalue weighted by atomic mass is 9.87. The molecule has 1 atom stereocenters. The fourth-order valence-corrected chi connectivity index (χ4v) is 5.22. The van der Waals surface area contributed by atoms with E-state index < -0.39 is 0 Å². The molecule has 2 heterocycles. The van der Waals surface area contributed by atoms with E-state index >= 15 is 0 Å². The number of likely N-dealkylation sites (tertiary alicyclic amines) is 1. The predicted molar refractivity (Wildman–Crippen MR) is 110 cm³/mol. The van der Waals surface area contributed by atoms with Crippen LogP contribution in [0.1, 0.15) is 44.9 Å². The largest absolute Gasteiger partial charge is 0.497 e. The monoisotopic (exact) mass is 398 g/mol. The zero-order chi connectivity index (χ0) is 19.5. The number of methoxy groups -OCH3 is 1. The molecule has 6 heteroatoms. The highest BCUT2D eigenvalue weighted by atomic mass is 32.1. The molecule has 2 aliphatic rings. The molecule has 1 aliphatic heterocycles. The Kier molecular flexibility index (Phi) is 5.67.